The summed E-state index contributed by atoms with van der Waals surface area (Å²) in [4.78, 5) is 30.0. The van der Waals surface area contributed by atoms with Gasteiger partial charge in [0.05, 0.1) is 22.2 Å². The fraction of sp³-hybridized carbons (Fsp3) is 0.0870. The number of carbonyl (C=O) groups is 1. The van der Waals surface area contributed by atoms with Gasteiger partial charge >= 0.3 is 0 Å². The Hall–Kier alpha value is -4.13. The maximum absolute atomic E-state index is 12.8. The van der Waals surface area contributed by atoms with Gasteiger partial charge in [0.1, 0.15) is 0 Å². The van der Waals surface area contributed by atoms with Crippen LogP contribution in [-0.2, 0) is 6.54 Å². The van der Waals surface area contributed by atoms with Crippen molar-refractivity contribution >= 4 is 34.1 Å². The van der Waals surface area contributed by atoms with Crippen molar-refractivity contribution in [2.45, 2.75) is 13.5 Å². The minimum Gasteiger partial charge on any atom is -0.355 e. The standard InChI is InChI=1S/C23H21N5O2/c1-2-28-22(30)18-13-7-9-15-20(18)25-23(28)27-26-21(29)17-12-6-8-14-19(17)24-16-10-4-3-5-11-16/h3-15,24H,2H2,1H3,(H,25,27)(H,26,29). The van der Waals surface area contributed by atoms with Crippen LogP contribution in [0.5, 0.6) is 0 Å². The average Bonchev–Trinajstić information content (AvgIpc) is 2.79. The Bertz CT molecular complexity index is 1250. The van der Waals surface area contributed by atoms with Gasteiger partial charge < -0.3 is 5.32 Å². The molecule has 0 atom stereocenters. The molecule has 0 aliphatic heterocycles. The van der Waals surface area contributed by atoms with Crippen LogP contribution in [0.15, 0.2) is 83.7 Å². The van der Waals surface area contributed by atoms with Crippen LogP contribution in [-0.4, -0.2) is 15.5 Å². The van der Waals surface area contributed by atoms with Crippen molar-refractivity contribution in [3.63, 3.8) is 0 Å². The van der Waals surface area contributed by atoms with Crippen LogP contribution in [0.3, 0.4) is 0 Å². The summed E-state index contributed by atoms with van der Waals surface area (Å²) in [7, 11) is 0. The number of anilines is 3. The predicted molar refractivity (Wildman–Crippen MR) is 119 cm³/mol. The lowest BCUT2D eigenvalue weighted by molar-refractivity contribution is 0.0963. The third-order valence-electron chi connectivity index (χ3n) is 4.69. The zero-order chi connectivity index (χ0) is 20.9. The first-order valence-corrected chi connectivity index (χ1v) is 9.64. The molecule has 0 saturated carbocycles. The molecular formula is C23H21N5O2. The SMILES string of the molecule is CCn1c(NNC(=O)c2ccccc2Nc2ccccc2)nc2ccccc2c1=O. The summed E-state index contributed by atoms with van der Waals surface area (Å²) >= 11 is 0. The largest absolute Gasteiger partial charge is 0.355 e. The van der Waals surface area contributed by atoms with Gasteiger partial charge in [-0.05, 0) is 43.3 Å². The molecule has 0 bridgehead atoms. The third kappa shape index (κ3) is 3.86. The maximum atomic E-state index is 12.8. The summed E-state index contributed by atoms with van der Waals surface area (Å²) in [5.74, 6) is -0.0675. The molecule has 0 fully saturated rings. The second kappa shape index (κ2) is 8.48. The molecule has 3 aromatic carbocycles. The molecule has 150 valence electrons. The van der Waals surface area contributed by atoms with Crippen LogP contribution in [0.1, 0.15) is 17.3 Å². The van der Waals surface area contributed by atoms with E-state index in [2.05, 4.69) is 21.2 Å². The lowest BCUT2D eigenvalue weighted by atomic mass is 10.1. The summed E-state index contributed by atoms with van der Waals surface area (Å²) in [5.41, 5.74) is 7.88. The van der Waals surface area contributed by atoms with E-state index in [0.717, 1.165) is 5.69 Å². The molecule has 0 aliphatic carbocycles. The number of carbonyl (C=O) groups excluding carboxylic acids is 1. The second-order valence-corrected chi connectivity index (χ2v) is 6.62. The highest BCUT2D eigenvalue weighted by Crippen LogP contribution is 2.20. The highest BCUT2D eigenvalue weighted by molar-refractivity contribution is 6.00. The fourth-order valence-electron chi connectivity index (χ4n) is 3.20. The molecule has 3 N–H and O–H groups in total. The quantitative estimate of drug-likeness (QED) is 0.428. The summed E-state index contributed by atoms with van der Waals surface area (Å²) < 4.78 is 1.48. The molecule has 7 nitrogen and oxygen atoms in total. The van der Waals surface area contributed by atoms with E-state index < -0.39 is 0 Å². The molecule has 4 aromatic rings. The first kappa shape index (κ1) is 19.2. The monoisotopic (exact) mass is 399 g/mol. The molecule has 7 heteroatoms. The topological polar surface area (TPSA) is 88.1 Å². The predicted octanol–water partition coefficient (Wildman–Crippen LogP) is 3.92. The summed E-state index contributed by atoms with van der Waals surface area (Å²) in [6.45, 7) is 2.27. The van der Waals surface area contributed by atoms with Crippen LogP contribution in [0.25, 0.3) is 10.9 Å². The first-order chi connectivity index (χ1) is 14.7. The number of aromatic nitrogens is 2. The number of benzene rings is 3. The van der Waals surface area contributed by atoms with Crippen molar-refractivity contribution in [1.29, 1.82) is 0 Å². The molecule has 0 saturated heterocycles. The summed E-state index contributed by atoms with van der Waals surface area (Å²) in [6.07, 6.45) is 0. The fourth-order valence-corrected chi connectivity index (χ4v) is 3.20. The van der Waals surface area contributed by atoms with Gasteiger partial charge in [-0.1, -0.05) is 42.5 Å². The number of rotatable bonds is 6. The average molecular weight is 399 g/mol. The highest BCUT2D eigenvalue weighted by atomic mass is 16.2. The van der Waals surface area contributed by atoms with Crippen LogP contribution >= 0.6 is 0 Å². The van der Waals surface area contributed by atoms with E-state index in [1.807, 2.05) is 55.5 Å². The maximum Gasteiger partial charge on any atom is 0.271 e. The van der Waals surface area contributed by atoms with Gasteiger partial charge in [-0.25, -0.2) is 4.98 Å². The van der Waals surface area contributed by atoms with Crippen LogP contribution < -0.4 is 21.7 Å². The van der Waals surface area contributed by atoms with Gasteiger partial charge in [-0.2, -0.15) is 0 Å². The van der Waals surface area contributed by atoms with E-state index in [4.69, 9.17) is 0 Å². The lowest BCUT2D eigenvalue weighted by Gasteiger charge is -2.15. The minimum absolute atomic E-state index is 0.161. The van der Waals surface area contributed by atoms with Crippen molar-refractivity contribution in [1.82, 2.24) is 15.0 Å². The summed E-state index contributed by atoms with van der Waals surface area (Å²) in [6, 6.07) is 23.9. The number of hydrogen-bond acceptors (Lipinski definition) is 5. The molecule has 0 radical (unpaired) electrons. The van der Waals surface area contributed by atoms with Crippen LogP contribution in [0.4, 0.5) is 17.3 Å². The Morgan fingerprint density at radius 2 is 1.63 bits per heavy atom. The van der Waals surface area contributed by atoms with Crippen molar-refractivity contribution in [2.24, 2.45) is 0 Å². The van der Waals surface area contributed by atoms with Crippen molar-refractivity contribution < 1.29 is 4.79 Å². The van der Waals surface area contributed by atoms with Gasteiger partial charge in [-0.3, -0.25) is 25.0 Å². The Kier molecular flexibility index (Phi) is 5.43. The molecule has 0 aliphatic rings. The summed E-state index contributed by atoms with van der Waals surface area (Å²) in [5, 5.41) is 3.78. The zero-order valence-corrected chi connectivity index (χ0v) is 16.4. The molecule has 1 heterocycles. The number of fused-ring (bicyclic) bond motifs is 1. The Labute approximate surface area is 173 Å². The van der Waals surface area contributed by atoms with Crippen molar-refractivity contribution in [2.75, 3.05) is 10.7 Å². The highest BCUT2D eigenvalue weighted by Gasteiger charge is 2.14. The number of amides is 1. The van der Waals surface area contributed by atoms with Gasteiger partial charge in [0, 0.05) is 12.2 Å². The normalized spacial score (nSPS) is 10.6. The van der Waals surface area contributed by atoms with Gasteiger partial charge in [0.25, 0.3) is 11.5 Å². The smallest absolute Gasteiger partial charge is 0.271 e. The Morgan fingerprint density at radius 1 is 0.933 bits per heavy atom. The number of para-hydroxylation sites is 3. The zero-order valence-electron chi connectivity index (χ0n) is 16.4. The van der Waals surface area contributed by atoms with E-state index in [1.54, 1.807) is 30.3 Å². The Morgan fingerprint density at radius 3 is 2.43 bits per heavy atom. The minimum atomic E-state index is -0.348. The van der Waals surface area contributed by atoms with Crippen molar-refractivity contribution in [3.05, 3.63) is 94.8 Å². The molecule has 0 unspecified atom stereocenters. The van der Waals surface area contributed by atoms with Crippen LogP contribution in [0.2, 0.25) is 0 Å². The molecular weight excluding hydrogens is 378 g/mol. The van der Waals surface area contributed by atoms with E-state index >= 15 is 0 Å². The number of nitrogens with zero attached hydrogens (tertiary/aromatic N) is 2. The van der Waals surface area contributed by atoms with Gasteiger partial charge in [0.2, 0.25) is 5.95 Å². The van der Waals surface area contributed by atoms with Gasteiger partial charge in [0.15, 0.2) is 0 Å². The lowest BCUT2D eigenvalue weighted by Crippen LogP contribution is -2.34. The third-order valence-corrected chi connectivity index (χ3v) is 4.69. The number of hydrazine groups is 1. The van der Waals surface area contributed by atoms with Crippen molar-refractivity contribution in [3.8, 4) is 0 Å². The first-order valence-electron chi connectivity index (χ1n) is 9.64. The molecule has 1 amide bonds. The van der Waals surface area contributed by atoms with E-state index in [0.29, 0.717) is 28.7 Å². The van der Waals surface area contributed by atoms with E-state index in [1.165, 1.54) is 4.57 Å². The molecule has 4 rings (SSSR count). The number of nitrogens with one attached hydrogen (secondary N) is 3. The van der Waals surface area contributed by atoms with E-state index in [-0.39, 0.29) is 17.4 Å². The van der Waals surface area contributed by atoms with Gasteiger partial charge in [-0.15, -0.1) is 0 Å². The van der Waals surface area contributed by atoms with E-state index in [9.17, 15) is 9.59 Å². The molecule has 1 aromatic heterocycles. The second-order valence-electron chi connectivity index (χ2n) is 6.62. The molecule has 30 heavy (non-hydrogen) atoms. The number of hydrogen-bond donors (Lipinski definition) is 3. The Balaban J connectivity index is 1.58. The molecule has 0 spiro atoms. The van der Waals surface area contributed by atoms with Crippen LogP contribution in [0, 0.1) is 0 Å².